The SMILES string of the molecule is CN1CC/C(=N/C(N)=O)C1. The van der Waals surface area contributed by atoms with Gasteiger partial charge in [-0.2, -0.15) is 0 Å². The molecule has 0 spiro atoms. The maximum Gasteiger partial charge on any atom is 0.338 e. The molecule has 1 fully saturated rings. The normalized spacial score (nSPS) is 23.9. The minimum absolute atomic E-state index is 0.578. The van der Waals surface area contributed by atoms with E-state index in [4.69, 9.17) is 5.73 Å². The fourth-order valence-corrected chi connectivity index (χ4v) is 1.04. The van der Waals surface area contributed by atoms with E-state index in [1.165, 1.54) is 0 Å². The molecule has 10 heavy (non-hydrogen) atoms. The zero-order valence-electron chi connectivity index (χ0n) is 6.00. The van der Waals surface area contributed by atoms with Gasteiger partial charge in [-0.15, -0.1) is 0 Å². The summed E-state index contributed by atoms with van der Waals surface area (Å²) in [7, 11) is 1.99. The number of likely N-dealkylation sites (tertiary alicyclic amines) is 1. The second-order valence-corrected chi connectivity index (χ2v) is 2.50. The number of aliphatic imine (C=N–C) groups is 1. The van der Waals surface area contributed by atoms with E-state index in [0.717, 1.165) is 25.2 Å². The van der Waals surface area contributed by atoms with E-state index >= 15 is 0 Å². The Balaban J connectivity index is 2.51. The molecule has 0 radical (unpaired) electrons. The lowest BCUT2D eigenvalue weighted by Crippen LogP contribution is -2.15. The van der Waals surface area contributed by atoms with Crippen molar-refractivity contribution >= 4 is 11.7 Å². The Kier molecular flexibility index (Phi) is 2.01. The van der Waals surface area contributed by atoms with Crippen molar-refractivity contribution < 1.29 is 4.79 Å². The van der Waals surface area contributed by atoms with Crippen LogP contribution in [-0.2, 0) is 0 Å². The van der Waals surface area contributed by atoms with Crippen LogP contribution in [0.3, 0.4) is 0 Å². The zero-order valence-corrected chi connectivity index (χ0v) is 6.00. The minimum Gasteiger partial charge on any atom is -0.350 e. The Morgan fingerprint density at radius 2 is 2.50 bits per heavy atom. The van der Waals surface area contributed by atoms with Crippen molar-refractivity contribution in [1.82, 2.24) is 4.90 Å². The fraction of sp³-hybridized carbons (Fsp3) is 0.667. The standard InChI is InChI=1S/C6H11N3O/c1-9-3-2-5(4-9)8-6(7)10/h2-4H2,1H3,(H2,7,10)/b8-5-. The molecule has 4 nitrogen and oxygen atoms in total. The number of urea groups is 1. The third-order valence-corrected chi connectivity index (χ3v) is 1.50. The average molecular weight is 141 g/mol. The van der Waals surface area contributed by atoms with E-state index in [2.05, 4.69) is 9.89 Å². The predicted molar refractivity (Wildman–Crippen MR) is 39.1 cm³/mol. The van der Waals surface area contributed by atoms with Gasteiger partial charge >= 0.3 is 6.03 Å². The van der Waals surface area contributed by atoms with Gasteiger partial charge in [0.1, 0.15) is 0 Å². The van der Waals surface area contributed by atoms with E-state index < -0.39 is 6.03 Å². The van der Waals surface area contributed by atoms with Gasteiger partial charge in [0.15, 0.2) is 0 Å². The Labute approximate surface area is 59.7 Å². The lowest BCUT2D eigenvalue weighted by Gasteiger charge is -2.01. The van der Waals surface area contributed by atoms with Crippen LogP contribution < -0.4 is 5.73 Å². The van der Waals surface area contributed by atoms with Gasteiger partial charge in [0.05, 0.1) is 0 Å². The van der Waals surface area contributed by atoms with Gasteiger partial charge in [-0.1, -0.05) is 0 Å². The molecule has 1 rings (SSSR count). The third-order valence-electron chi connectivity index (χ3n) is 1.50. The van der Waals surface area contributed by atoms with Crippen molar-refractivity contribution in [3.8, 4) is 0 Å². The number of carbonyl (C=O) groups is 1. The lowest BCUT2D eigenvalue weighted by atomic mass is 10.3. The summed E-state index contributed by atoms with van der Waals surface area (Å²) in [6.07, 6.45) is 0.874. The molecule has 2 amide bonds. The monoisotopic (exact) mass is 141 g/mol. The second kappa shape index (κ2) is 2.79. The molecular formula is C6H11N3O. The van der Waals surface area contributed by atoms with Gasteiger partial charge in [-0.3, -0.25) is 0 Å². The highest BCUT2D eigenvalue weighted by Crippen LogP contribution is 2.01. The van der Waals surface area contributed by atoms with Gasteiger partial charge in [0.2, 0.25) is 0 Å². The van der Waals surface area contributed by atoms with Gasteiger partial charge in [0, 0.05) is 18.8 Å². The van der Waals surface area contributed by atoms with Crippen molar-refractivity contribution in [2.45, 2.75) is 6.42 Å². The van der Waals surface area contributed by atoms with Gasteiger partial charge < -0.3 is 10.6 Å². The van der Waals surface area contributed by atoms with Gasteiger partial charge in [-0.25, -0.2) is 9.79 Å². The van der Waals surface area contributed by atoms with Crippen LogP contribution >= 0.6 is 0 Å². The summed E-state index contributed by atoms with van der Waals surface area (Å²) < 4.78 is 0. The van der Waals surface area contributed by atoms with Crippen LogP contribution in [0, 0.1) is 0 Å². The molecule has 0 atom stereocenters. The molecule has 0 aliphatic carbocycles. The first-order valence-corrected chi connectivity index (χ1v) is 3.23. The topological polar surface area (TPSA) is 58.7 Å². The fourth-order valence-electron chi connectivity index (χ4n) is 1.04. The summed E-state index contributed by atoms with van der Waals surface area (Å²) in [6.45, 7) is 1.76. The van der Waals surface area contributed by atoms with Gasteiger partial charge in [-0.05, 0) is 13.5 Å². The highest BCUT2D eigenvalue weighted by Gasteiger charge is 2.13. The molecule has 0 aromatic rings. The molecule has 1 heterocycles. The average Bonchev–Trinajstić information content (AvgIpc) is 2.13. The molecule has 4 heteroatoms. The molecule has 0 unspecified atom stereocenters. The zero-order chi connectivity index (χ0) is 7.56. The Bertz CT molecular complexity index is 176. The van der Waals surface area contributed by atoms with Crippen molar-refractivity contribution in [3.05, 3.63) is 0 Å². The smallest absolute Gasteiger partial charge is 0.338 e. The van der Waals surface area contributed by atoms with Crippen molar-refractivity contribution in [2.75, 3.05) is 20.1 Å². The molecular weight excluding hydrogens is 130 g/mol. The number of nitrogens with zero attached hydrogens (tertiary/aromatic N) is 2. The van der Waals surface area contributed by atoms with Crippen molar-refractivity contribution in [1.29, 1.82) is 0 Å². The Morgan fingerprint density at radius 3 is 2.90 bits per heavy atom. The molecule has 1 saturated heterocycles. The Morgan fingerprint density at radius 1 is 1.80 bits per heavy atom. The first-order valence-electron chi connectivity index (χ1n) is 3.23. The molecule has 0 aromatic heterocycles. The maximum absolute atomic E-state index is 10.3. The summed E-state index contributed by atoms with van der Waals surface area (Å²) in [5.74, 6) is 0. The number of hydrogen-bond acceptors (Lipinski definition) is 2. The molecule has 0 aromatic carbocycles. The number of amides is 2. The van der Waals surface area contributed by atoms with Crippen LogP contribution in [0.2, 0.25) is 0 Å². The number of nitrogens with two attached hydrogens (primary N) is 1. The number of carbonyl (C=O) groups excluding carboxylic acids is 1. The van der Waals surface area contributed by atoms with Crippen LogP contribution in [-0.4, -0.2) is 36.8 Å². The molecule has 2 N–H and O–H groups in total. The first-order chi connectivity index (χ1) is 4.68. The van der Waals surface area contributed by atoms with Gasteiger partial charge in [0.25, 0.3) is 0 Å². The third kappa shape index (κ3) is 1.80. The lowest BCUT2D eigenvalue weighted by molar-refractivity contribution is 0.256. The van der Waals surface area contributed by atoms with E-state index in [1.807, 2.05) is 7.05 Å². The van der Waals surface area contributed by atoms with E-state index in [0.29, 0.717) is 0 Å². The van der Waals surface area contributed by atoms with Crippen LogP contribution in [0.5, 0.6) is 0 Å². The molecule has 0 saturated carbocycles. The van der Waals surface area contributed by atoms with E-state index in [9.17, 15) is 4.79 Å². The highest BCUT2D eigenvalue weighted by atomic mass is 16.2. The maximum atomic E-state index is 10.3. The quantitative estimate of drug-likeness (QED) is 0.509. The number of primary amides is 1. The second-order valence-electron chi connectivity index (χ2n) is 2.50. The first kappa shape index (κ1) is 7.21. The van der Waals surface area contributed by atoms with Crippen LogP contribution in [0.4, 0.5) is 4.79 Å². The minimum atomic E-state index is -0.578. The summed E-state index contributed by atoms with van der Waals surface area (Å²) >= 11 is 0. The summed E-state index contributed by atoms with van der Waals surface area (Å²) in [6, 6.07) is -0.578. The highest BCUT2D eigenvalue weighted by molar-refractivity contribution is 5.96. The Hall–Kier alpha value is -0.900. The largest absolute Gasteiger partial charge is 0.350 e. The van der Waals surface area contributed by atoms with Crippen LogP contribution in [0.25, 0.3) is 0 Å². The van der Waals surface area contributed by atoms with Crippen molar-refractivity contribution in [2.24, 2.45) is 10.7 Å². The molecule has 56 valence electrons. The van der Waals surface area contributed by atoms with Crippen LogP contribution in [0.15, 0.2) is 4.99 Å². The predicted octanol–water partition coefficient (Wildman–Crippen LogP) is -0.158. The number of rotatable bonds is 0. The summed E-state index contributed by atoms with van der Waals surface area (Å²) in [4.78, 5) is 16.0. The molecule has 1 aliphatic rings. The molecule has 0 bridgehead atoms. The summed E-state index contributed by atoms with van der Waals surface area (Å²) in [5.41, 5.74) is 5.77. The van der Waals surface area contributed by atoms with Crippen LogP contribution in [0.1, 0.15) is 6.42 Å². The van der Waals surface area contributed by atoms with E-state index in [-0.39, 0.29) is 0 Å². The van der Waals surface area contributed by atoms with E-state index in [1.54, 1.807) is 0 Å². The summed E-state index contributed by atoms with van der Waals surface area (Å²) in [5, 5.41) is 0. The molecule has 1 aliphatic heterocycles. The number of hydrogen-bond donors (Lipinski definition) is 1. The van der Waals surface area contributed by atoms with Crippen molar-refractivity contribution in [3.63, 3.8) is 0 Å².